The number of carbonyl (C=O) groups is 1. The minimum atomic E-state index is -0.500. The molecule has 1 unspecified atom stereocenters. The summed E-state index contributed by atoms with van der Waals surface area (Å²) in [5, 5.41) is 0.631. The van der Waals surface area contributed by atoms with Crippen LogP contribution in [0, 0.1) is 0 Å². The molecule has 32 heavy (non-hydrogen) atoms. The van der Waals surface area contributed by atoms with Gasteiger partial charge in [0, 0.05) is 37.9 Å². The zero-order valence-electron chi connectivity index (χ0n) is 18.5. The first kappa shape index (κ1) is 20.7. The summed E-state index contributed by atoms with van der Waals surface area (Å²) >= 11 is 0. The van der Waals surface area contributed by atoms with E-state index in [0.29, 0.717) is 30.6 Å². The first-order valence-corrected chi connectivity index (χ1v) is 11.3. The molecule has 0 radical (unpaired) electrons. The van der Waals surface area contributed by atoms with E-state index in [1.807, 2.05) is 55.1 Å². The van der Waals surface area contributed by atoms with E-state index in [0.717, 1.165) is 30.8 Å². The Kier molecular flexibility index (Phi) is 5.43. The van der Waals surface area contributed by atoms with E-state index in [-0.39, 0.29) is 17.5 Å². The van der Waals surface area contributed by atoms with Crippen molar-refractivity contribution in [3.63, 3.8) is 0 Å². The molecule has 166 valence electrons. The van der Waals surface area contributed by atoms with Crippen molar-refractivity contribution in [1.29, 1.82) is 0 Å². The maximum absolute atomic E-state index is 13.2. The number of aromatic nitrogens is 2. The zero-order valence-corrected chi connectivity index (χ0v) is 18.5. The van der Waals surface area contributed by atoms with Gasteiger partial charge >= 0.3 is 0 Å². The number of hydrogen-bond donors (Lipinski definition) is 0. The van der Waals surface area contributed by atoms with Gasteiger partial charge in [-0.05, 0) is 49.6 Å². The second-order valence-corrected chi connectivity index (χ2v) is 8.76. The van der Waals surface area contributed by atoms with Crippen molar-refractivity contribution in [3.8, 4) is 0 Å². The SMILES string of the molecule is CC(C)n1cnc2cc(N3CCN(C(=O)C4OCCc5ccccc54)CC3)ccc2c1=O. The highest BCUT2D eigenvalue weighted by atomic mass is 16.5. The van der Waals surface area contributed by atoms with Crippen molar-refractivity contribution in [2.45, 2.75) is 32.4 Å². The predicted octanol–water partition coefficient (Wildman–Crippen LogP) is 2.94. The Hall–Kier alpha value is -3.19. The lowest BCUT2D eigenvalue weighted by Gasteiger charge is -2.38. The fourth-order valence-corrected chi connectivity index (χ4v) is 4.64. The summed E-state index contributed by atoms with van der Waals surface area (Å²) in [6.07, 6.45) is 1.98. The Morgan fingerprint density at radius 2 is 1.88 bits per heavy atom. The van der Waals surface area contributed by atoms with Gasteiger partial charge in [0.1, 0.15) is 0 Å². The Morgan fingerprint density at radius 3 is 2.66 bits per heavy atom. The molecule has 0 spiro atoms. The lowest BCUT2D eigenvalue weighted by molar-refractivity contribution is -0.145. The van der Waals surface area contributed by atoms with Crippen LogP contribution >= 0.6 is 0 Å². The smallest absolute Gasteiger partial charge is 0.261 e. The average molecular weight is 433 g/mol. The number of nitrogens with zero attached hydrogens (tertiary/aromatic N) is 4. The minimum Gasteiger partial charge on any atom is -0.368 e. The third-order valence-electron chi connectivity index (χ3n) is 6.50. The lowest BCUT2D eigenvalue weighted by atomic mass is 9.96. The van der Waals surface area contributed by atoms with E-state index in [1.54, 1.807) is 10.9 Å². The summed E-state index contributed by atoms with van der Waals surface area (Å²) < 4.78 is 7.52. The third-order valence-corrected chi connectivity index (χ3v) is 6.50. The van der Waals surface area contributed by atoms with E-state index in [9.17, 15) is 9.59 Å². The molecule has 1 amide bonds. The summed E-state index contributed by atoms with van der Waals surface area (Å²) in [6, 6.07) is 14.0. The molecular weight excluding hydrogens is 404 g/mol. The molecule has 3 heterocycles. The number of benzene rings is 2. The molecule has 0 N–H and O–H groups in total. The lowest BCUT2D eigenvalue weighted by Crippen LogP contribution is -2.50. The normalized spacial score (nSPS) is 18.8. The van der Waals surface area contributed by atoms with Gasteiger partial charge in [0.25, 0.3) is 11.5 Å². The van der Waals surface area contributed by atoms with Crippen LogP contribution in [0.4, 0.5) is 5.69 Å². The number of hydrogen-bond acceptors (Lipinski definition) is 5. The van der Waals surface area contributed by atoms with Crippen molar-refractivity contribution >= 4 is 22.5 Å². The highest BCUT2D eigenvalue weighted by molar-refractivity contribution is 5.84. The molecule has 7 heteroatoms. The molecule has 1 fully saturated rings. The van der Waals surface area contributed by atoms with Crippen LogP contribution in [0.1, 0.15) is 37.1 Å². The molecule has 2 aliphatic rings. The molecule has 5 rings (SSSR count). The van der Waals surface area contributed by atoms with E-state index in [4.69, 9.17) is 4.74 Å². The van der Waals surface area contributed by atoms with Gasteiger partial charge < -0.3 is 14.5 Å². The van der Waals surface area contributed by atoms with Crippen LogP contribution in [0.5, 0.6) is 0 Å². The Morgan fingerprint density at radius 1 is 1.09 bits per heavy atom. The van der Waals surface area contributed by atoms with Crippen LogP contribution in [0.3, 0.4) is 0 Å². The summed E-state index contributed by atoms with van der Waals surface area (Å²) in [4.78, 5) is 34.5. The zero-order chi connectivity index (χ0) is 22.2. The van der Waals surface area contributed by atoms with E-state index in [1.165, 1.54) is 5.56 Å². The number of rotatable bonds is 3. The molecule has 3 aromatic rings. The Bertz CT molecular complexity index is 1210. The van der Waals surface area contributed by atoms with Crippen LogP contribution in [0.25, 0.3) is 10.9 Å². The molecule has 1 aromatic heterocycles. The first-order chi connectivity index (χ1) is 15.5. The second kappa shape index (κ2) is 8.39. The molecule has 0 aliphatic carbocycles. The molecule has 1 atom stereocenters. The quantitative estimate of drug-likeness (QED) is 0.637. The number of piperazine rings is 1. The van der Waals surface area contributed by atoms with Gasteiger partial charge in [-0.25, -0.2) is 4.98 Å². The monoisotopic (exact) mass is 432 g/mol. The Balaban J connectivity index is 1.30. The molecule has 1 saturated heterocycles. The molecule has 7 nitrogen and oxygen atoms in total. The van der Waals surface area contributed by atoms with Crippen LogP contribution in [0.2, 0.25) is 0 Å². The highest BCUT2D eigenvalue weighted by Gasteiger charge is 2.32. The number of anilines is 1. The number of fused-ring (bicyclic) bond motifs is 2. The standard InChI is InChI=1S/C25H28N4O3/c1-17(2)29-16-26-22-15-19(7-8-21(22)24(29)30)27-10-12-28(13-11-27)25(31)23-20-6-4-3-5-18(20)9-14-32-23/h3-8,15-17,23H,9-14H2,1-2H3. The van der Waals surface area contributed by atoms with Gasteiger partial charge in [-0.1, -0.05) is 24.3 Å². The third kappa shape index (κ3) is 3.66. The van der Waals surface area contributed by atoms with E-state index >= 15 is 0 Å². The summed E-state index contributed by atoms with van der Waals surface area (Å²) in [5.74, 6) is 0.0474. The summed E-state index contributed by atoms with van der Waals surface area (Å²) in [6.45, 7) is 7.27. The van der Waals surface area contributed by atoms with Crippen molar-refractivity contribution in [2.75, 3.05) is 37.7 Å². The summed E-state index contributed by atoms with van der Waals surface area (Å²) in [5.41, 5.74) is 3.92. The van der Waals surface area contributed by atoms with Crippen LogP contribution in [-0.2, 0) is 16.0 Å². The fraction of sp³-hybridized carbons (Fsp3) is 0.400. The maximum atomic E-state index is 13.2. The predicted molar refractivity (Wildman–Crippen MR) is 124 cm³/mol. The van der Waals surface area contributed by atoms with Crippen molar-refractivity contribution < 1.29 is 9.53 Å². The van der Waals surface area contributed by atoms with Gasteiger partial charge in [-0.2, -0.15) is 0 Å². The van der Waals surface area contributed by atoms with Crippen LogP contribution < -0.4 is 10.5 Å². The van der Waals surface area contributed by atoms with Gasteiger partial charge in [-0.3, -0.25) is 14.2 Å². The first-order valence-electron chi connectivity index (χ1n) is 11.3. The molecule has 0 bridgehead atoms. The molecular formula is C25H28N4O3. The number of carbonyl (C=O) groups excluding carboxylic acids is 1. The largest absolute Gasteiger partial charge is 0.368 e. The molecule has 2 aliphatic heterocycles. The van der Waals surface area contributed by atoms with Crippen molar-refractivity contribution in [3.05, 3.63) is 70.3 Å². The maximum Gasteiger partial charge on any atom is 0.261 e. The minimum absolute atomic E-state index is 0.0141. The van der Waals surface area contributed by atoms with Crippen LogP contribution in [0.15, 0.2) is 53.6 Å². The van der Waals surface area contributed by atoms with Gasteiger partial charge in [0.2, 0.25) is 0 Å². The van der Waals surface area contributed by atoms with Crippen molar-refractivity contribution in [2.24, 2.45) is 0 Å². The van der Waals surface area contributed by atoms with Gasteiger partial charge in [-0.15, -0.1) is 0 Å². The van der Waals surface area contributed by atoms with Crippen molar-refractivity contribution in [1.82, 2.24) is 14.5 Å². The summed E-state index contributed by atoms with van der Waals surface area (Å²) in [7, 11) is 0. The number of ether oxygens (including phenoxy) is 1. The number of amides is 1. The fourth-order valence-electron chi connectivity index (χ4n) is 4.64. The van der Waals surface area contributed by atoms with Gasteiger partial charge in [0.15, 0.2) is 6.10 Å². The molecule has 0 saturated carbocycles. The van der Waals surface area contributed by atoms with Crippen LogP contribution in [-0.4, -0.2) is 53.1 Å². The highest BCUT2D eigenvalue weighted by Crippen LogP contribution is 2.29. The topological polar surface area (TPSA) is 67.7 Å². The molecule has 2 aromatic carbocycles. The average Bonchev–Trinajstić information content (AvgIpc) is 2.83. The van der Waals surface area contributed by atoms with E-state index in [2.05, 4.69) is 16.0 Å². The Labute approximate surface area is 187 Å². The van der Waals surface area contributed by atoms with Gasteiger partial charge in [0.05, 0.1) is 23.8 Å². The van der Waals surface area contributed by atoms with E-state index < -0.39 is 6.10 Å². The second-order valence-electron chi connectivity index (χ2n) is 8.76.